The molecule has 0 radical (unpaired) electrons. The van der Waals surface area contributed by atoms with E-state index in [1.54, 1.807) is 49.7 Å². The van der Waals surface area contributed by atoms with Gasteiger partial charge in [-0.25, -0.2) is 44.4 Å². The Kier molecular flexibility index (Phi) is 36.7. The number of ether oxygens (including phenoxy) is 1. The van der Waals surface area contributed by atoms with Crippen LogP contribution >= 0.6 is 11.3 Å². The Morgan fingerprint density at radius 2 is 1.05 bits per heavy atom. The molecule has 0 atom stereocenters. The van der Waals surface area contributed by atoms with Gasteiger partial charge in [-0.1, -0.05) is 95.3 Å². The van der Waals surface area contributed by atoms with Crippen LogP contribution in [0.25, 0.3) is 81.9 Å². The monoisotopic (exact) mass is 2190 g/mol. The van der Waals surface area contributed by atoms with Crippen molar-refractivity contribution in [3.63, 3.8) is 0 Å². The van der Waals surface area contributed by atoms with Gasteiger partial charge in [-0.05, 0) is 90.7 Å². The predicted molar refractivity (Wildman–Crippen MR) is 430 cm³/mol. The minimum absolute atomic E-state index is 0. The molecule has 0 spiro atoms. The van der Waals surface area contributed by atoms with E-state index < -0.39 is 6.16 Å². The maximum atomic E-state index is 9.34. The Morgan fingerprint density at radius 1 is 0.527 bits per heavy atom. The number of fused-ring (bicyclic) bond motifs is 5. The molecule has 4 aromatic heterocycles. The van der Waals surface area contributed by atoms with Crippen LogP contribution in [-0.2, 0) is 110 Å². The Hall–Kier alpha value is -10.8. The number of rotatable bonds is 9. The molecule has 1 aliphatic heterocycles. The van der Waals surface area contributed by atoms with Crippen molar-refractivity contribution in [2.45, 2.75) is 0 Å². The number of carbonyl (C=O) groups is 1. The fraction of sp³-hybridized carbons (Fsp3) is 0.0899. The number of hydrogen-bond acceptors (Lipinski definition) is 8. The van der Waals surface area contributed by atoms with Gasteiger partial charge in [0.2, 0.25) is 0 Å². The molecule has 17 rings (SSSR count). The van der Waals surface area contributed by atoms with Crippen LogP contribution in [0.3, 0.4) is 0 Å². The van der Waals surface area contributed by atoms with Crippen LogP contribution in [-0.4, -0.2) is 82.7 Å². The summed E-state index contributed by atoms with van der Waals surface area (Å²) in [6.45, 7) is 7.29. The number of phenols is 2. The molecule has 21 heteroatoms. The van der Waals surface area contributed by atoms with E-state index in [0.717, 1.165) is 58.3 Å². The summed E-state index contributed by atoms with van der Waals surface area (Å²) in [5.41, 5.74) is 18.4. The van der Waals surface area contributed by atoms with Crippen LogP contribution in [0.1, 0.15) is 5.56 Å². The second-order valence-corrected chi connectivity index (χ2v) is 24.2. The Balaban J connectivity index is 0.000000201. The van der Waals surface area contributed by atoms with E-state index in [2.05, 4.69) is 247 Å². The first kappa shape index (κ1) is 88.1. The molecular weight excluding hydrogens is 2120 g/mol. The second kappa shape index (κ2) is 45.9. The van der Waals surface area contributed by atoms with Gasteiger partial charge < -0.3 is 42.2 Å². The van der Waals surface area contributed by atoms with E-state index in [0.29, 0.717) is 5.56 Å². The van der Waals surface area contributed by atoms with Gasteiger partial charge in [-0.3, -0.25) is 4.57 Å². The number of imidazole rings is 2. The number of aromatic hydroxyl groups is 2. The predicted octanol–water partition coefficient (Wildman–Crippen LogP) is 20.7. The summed E-state index contributed by atoms with van der Waals surface area (Å²) in [4.78, 5) is 13.8. The third kappa shape index (κ3) is 24.6. The maximum Gasteiger partial charge on any atom is 2.00 e. The van der Waals surface area contributed by atoms with Crippen molar-refractivity contribution in [3.05, 3.63) is 376 Å². The topological polar surface area (TPSA) is 175 Å². The average molecular weight is 2190 g/mol. The number of benzene rings is 12. The minimum Gasteiger partial charge on any atom is -0.688 e. The van der Waals surface area contributed by atoms with Crippen molar-refractivity contribution in [2.24, 2.45) is 21.1 Å². The number of anilines is 2. The number of thiazole rings is 1. The van der Waals surface area contributed by atoms with Crippen LogP contribution in [0.15, 0.2) is 310 Å². The zero-order valence-electron chi connectivity index (χ0n) is 60.6. The van der Waals surface area contributed by atoms with Crippen LogP contribution in [0.2, 0.25) is 0 Å². The molecule has 0 unspecified atom stereocenters. The van der Waals surface area contributed by atoms with Gasteiger partial charge in [-0.15, -0.1) is 80.8 Å². The van der Waals surface area contributed by atoms with E-state index in [9.17, 15) is 4.79 Å². The van der Waals surface area contributed by atoms with Crippen molar-refractivity contribution < 1.29 is 109 Å². The van der Waals surface area contributed by atoms with Gasteiger partial charge >= 0.3 is 48.3 Å². The standard InChI is InChI=1S/C21H17N3.C15H14N2.C13H9NS.C12H8.C11H9N3.C8H10N2.C6H6O2.C3H5O3.4Pt/c1-22-14-24(21-10-6-5-9-20(21)22)15-11-12-19-17(13-15)16-7-3-4-8-18(16)23(19)2;1-3-7-14(8-4-1)16-11-12-17(13-16)15-9-5-2-6-10-15;1-2-6-11(7-3-1)14-10-15-13-9-5-4-8-12(13)14;1-3-7-11(8-4-1)12-9-5-2-6-10-12;1-13-6-7-14(9-13)11-4-2-10(8-12)3-5-11;1-9-7-5-3-4-6-8(7)10-2;7-5-3-1-2-4-6(5)8;1-2-6-3(4)5;;;;/h3-10,12-14H,1-2H3;1-9,13H,11-12H2;1-6,8-10H;1-7,9H;2-4,6-7,9H,1H3;3-6H,1-2H3;1-4,7-8H;1-2H2,(H,4,5);;;;/q;;;-2;;-2;;-1;;;2*+2. The Morgan fingerprint density at radius 3 is 1.58 bits per heavy atom. The number of aromatic nitrogens is 6. The summed E-state index contributed by atoms with van der Waals surface area (Å²) >= 11 is 1.75. The summed E-state index contributed by atoms with van der Waals surface area (Å²) in [6, 6.07) is 113. The SMILES string of the molecule is C[N-]c1ccccc1[N-]C.Cn1[cH+]n(-c2[c-]cc3c(c2)c2ccccc2n3C)c2ccccc21.Cn1ccn(-c2[c-]cc(C#N)cc2)[cH+]1.Oc1ccccc1O.[CH2-]COC(=O)O.[Pt+2].[Pt+2].[Pt].[Pt].[c-]1ccccc1-c1[c-]cccc1.[c-]1ccccc1-n1[cH+]sc2ccccc21.[c-]1ccccc1N1[CH+]N(c2ccccc2)CC1. The number of nitrogens with zero attached hydrogens (tertiary/aromatic N) is 11. The molecule has 16 nitrogen and oxygen atoms in total. The molecule has 110 heavy (non-hydrogen) atoms. The zero-order valence-corrected chi connectivity index (χ0v) is 70.5. The van der Waals surface area contributed by atoms with E-state index in [1.165, 1.54) is 60.9 Å². The number of aryl methyl sites for hydroxylation is 3. The first-order valence-electron chi connectivity index (χ1n) is 33.7. The van der Waals surface area contributed by atoms with Gasteiger partial charge in [0.1, 0.15) is 12.4 Å². The number of para-hydroxylation sites is 11. The van der Waals surface area contributed by atoms with Crippen LogP contribution < -0.4 is 9.80 Å². The first-order chi connectivity index (χ1) is 51.8. The van der Waals surface area contributed by atoms with Crippen molar-refractivity contribution in [2.75, 3.05) is 43.6 Å². The number of nitriles is 1. The second-order valence-electron chi connectivity index (χ2n) is 23.3. The summed E-state index contributed by atoms with van der Waals surface area (Å²) in [7, 11) is 9.69. The van der Waals surface area contributed by atoms with Crippen LogP contribution in [0, 0.1) is 61.3 Å². The molecule has 3 N–H and O–H groups in total. The minimum atomic E-state index is -1.27. The molecule has 0 saturated carbocycles. The number of carboxylic acid groups (broad SMARTS) is 1. The smallest absolute Gasteiger partial charge is 0.688 e. The largest absolute Gasteiger partial charge is 2.00 e. The molecule has 0 aliphatic carbocycles. The Bertz CT molecular complexity index is 5290. The van der Waals surface area contributed by atoms with Crippen molar-refractivity contribution in [1.29, 1.82) is 5.26 Å². The molecule has 1 aliphatic rings. The van der Waals surface area contributed by atoms with Gasteiger partial charge in [0, 0.05) is 109 Å². The van der Waals surface area contributed by atoms with Gasteiger partial charge in [0.05, 0.1) is 18.8 Å². The van der Waals surface area contributed by atoms with Gasteiger partial charge in [0.15, 0.2) is 50.9 Å². The normalized spacial score (nSPS) is 10.5. The van der Waals surface area contributed by atoms with E-state index in [4.69, 9.17) is 20.6 Å². The van der Waals surface area contributed by atoms with E-state index in [1.807, 2.05) is 156 Å². The van der Waals surface area contributed by atoms with Crippen molar-refractivity contribution in [3.8, 4) is 45.8 Å². The molecule has 1 saturated heterocycles. The molecular formula is C89H78N11O5Pt4S-. The number of hydrogen-bond donors (Lipinski definition) is 3. The molecule has 0 bridgehead atoms. The van der Waals surface area contributed by atoms with Crippen molar-refractivity contribution >= 4 is 83.3 Å². The third-order valence-electron chi connectivity index (χ3n) is 16.4. The van der Waals surface area contributed by atoms with E-state index >= 15 is 0 Å². The third-order valence-corrected chi connectivity index (χ3v) is 17.3. The molecule has 0 amide bonds. The summed E-state index contributed by atoms with van der Waals surface area (Å²) < 4.78 is 17.8. The average Bonchev–Trinajstić information content (AvgIpc) is 1.60. The molecule has 1 fully saturated rings. The fourth-order valence-electron chi connectivity index (χ4n) is 11.1. The molecule has 12 aromatic carbocycles. The quantitative estimate of drug-likeness (QED) is 0.0727. The van der Waals surface area contributed by atoms with Gasteiger partial charge in [0.25, 0.3) is 6.67 Å². The van der Waals surface area contributed by atoms with Crippen molar-refractivity contribution in [1.82, 2.24) is 27.4 Å². The van der Waals surface area contributed by atoms with Crippen LogP contribution in [0.5, 0.6) is 11.5 Å². The molecule has 566 valence electrons. The van der Waals surface area contributed by atoms with E-state index in [-0.39, 0.29) is 102 Å². The summed E-state index contributed by atoms with van der Waals surface area (Å²) in [6.07, 6.45) is 6.68. The number of phenolic OH excluding ortho intramolecular Hbond substituents is 2. The first-order valence-corrected chi connectivity index (χ1v) is 34.6. The maximum absolute atomic E-state index is 9.34. The summed E-state index contributed by atoms with van der Waals surface area (Å²) in [5.74, 6) is -0.153. The summed E-state index contributed by atoms with van der Waals surface area (Å²) in [5, 5.41) is 44.3. The van der Waals surface area contributed by atoms with Crippen LogP contribution in [0.4, 0.5) is 27.5 Å². The Labute approximate surface area is 705 Å². The molecule has 16 aromatic rings. The zero-order chi connectivity index (χ0) is 74.4. The molecule has 5 heterocycles. The van der Waals surface area contributed by atoms with Gasteiger partial charge in [-0.2, -0.15) is 107 Å². The fourth-order valence-corrected chi connectivity index (χ4v) is 12.0.